The first kappa shape index (κ1) is 13.0. The largest absolute Gasteiger partial charge is 0.478 e. The highest BCUT2D eigenvalue weighted by molar-refractivity contribution is 7.13. The van der Waals surface area contributed by atoms with Gasteiger partial charge in [0.2, 0.25) is 5.91 Å². The van der Waals surface area contributed by atoms with Crippen LogP contribution in [0.2, 0.25) is 0 Å². The van der Waals surface area contributed by atoms with Crippen LogP contribution in [0.25, 0.3) is 10.6 Å². The van der Waals surface area contributed by atoms with Gasteiger partial charge in [-0.25, -0.2) is 9.78 Å². The molecule has 2 aromatic rings. The molecule has 0 radical (unpaired) electrons. The Balaban J connectivity index is 2.12. The van der Waals surface area contributed by atoms with Crippen molar-refractivity contribution in [1.29, 1.82) is 0 Å². The molecule has 0 aliphatic carbocycles. The minimum atomic E-state index is -1.16. The summed E-state index contributed by atoms with van der Waals surface area (Å²) < 4.78 is 0. The maximum Gasteiger partial charge on any atom is 0.328 e. The molecule has 2 N–H and O–H groups in total. The number of hydrogen-bond donors (Lipinski definition) is 2. The van der Waals surface area contributed by atoms with Crippen LogP contribution in [0, 0.1) is 0 Å². The molecule has 0 bridgehead atoms. The predicted molar refractivity (Wildman–Crippen MR) is 73.0 cm³/mol. The number of benzene rings is 1. The number of carboxylic acid groups (broad SMARTS) is 1. The Morgan fingerprint density at radius 1 is 1.32 bits per heavy atom. The lowest BCUT2D eigenvalue weighted by atomic mass is 10.2. The summed E-state index contributed by atoms with van der Waals surface area (Å²) in [6.45, 7) is 0. The van der Waals surface area contributed by atoms with Gasteiger partial charge in [-0.15, -0.1) is 11.3 Å². The van der Waals surface area contributed by atoms with Crippen molar-refractivity contribution in [2.45, 2.75) is 0 Å². The summed E-state index contributed by atoms with van der Waals surface area (Å²) in [4.78, 5) is 25.9. The van der Waals surface area contributed by atoms with Crippen molar-refractivity contribution in [1.82, 2.24) is 4.98 Å². The van der Waals surface area contributed by atoms with Gasteiger partial charge in [-0.2, -0.15) is 0 Å². The maximum atomic E-state index is 11.4. The fraction of sp³-hybridized carbons (Fsp3) is 0. The van der Waals surface area contributed by atoms with Crippen LogP contribution < -0.4 is 5.32 Å². The average Bonchev–Trinajstić information content (AvgIpc) is 2.90. The van der Waals surface area contributed by atoms with Gasteiger partial charge in [0.05, 0.1) is 0 Å². The second-order valence-corrected chi connectivity index (χ2v) is 4.47. The van der Waals surface area contributed by atoms with E-state index in [1.165, 1.54) is 11.3 Å². The van der Waals surface area contributed by atoms with Crippen molar-refractivity contribution in [3.05, 3.63) is 48.0 Å². The van der Waals surface area contributed by atoms with Gasteiger partial charge >= 0.3 is 5.97 Å². The van der Waals surface area contributed by atoms with Crippen LogP contribution in [0.3, 0.4) is 0 Å². The van der Waals surface area contributed by atoms with E-state index in [9.17, 15) is 9.59 Å². The molecule has 0 saturated carbocycles. The van der Waals surface area contributed by atoms with Gasteiger partial charge in [-0.3, -0.25) is 4.79 Å². The first-order valence-electron chi connectivity index (χ1n) is 5.37. The van der Waals surface area contributed by atoms with E-state index in [2.05, 4.69) is 10.3 Å². The highest BCUT2D eigenvalue weighted by atomic mass is 32.1. The Bertz CT molecular complexity index is 621. The molecule has 0 atom stereocenters. The monoisotopic (exact) mass is 274 g/mol. The topological polar surface area (TPSA) is 79.3 Å². The summed E-state index contributed by atoms with van der Waals surface area (Å²) in [6.07, 6.45) is 3.47. The van der Waals surface area contributed by atoms with Crippen LogP contribution in [0.15, 0.2) is 48.0 Å². The number of amides is 1. The molecule has 19 heavy (non-hydrogen) atoms. The number of nitrogens with one attached hydrogen (secondary N) is 1. The average molecular weight is 274 g/mol. The minimum absolute atomic E-state index is 0.487. The van der Waals surface area contributed by atoms with E-state index in [1.54, 1.807) is 24.4 Å². The van der Waals surface area contributed by atoms with Gasteiger partial charge < -0.3 is 10.4 Å². The van der Waals surface area contributed by atoms with Crippen LogP contribution in [0.5, 0.6) is 0 Å². The molecule has 1 heterocycles. The van der Waals surface area contributed by atoms with Crippen LogP contribution in [0.4, 0.5) is 5.69 Å². The van der Waals surface area contributed by atoms with Crippen LogP contribution in [-0.4, -0.2) is 22.0 Å². The third-order valence-electron chi connectivity index (χ3n) is 2.19. The number of rotatable bonds is 4. The van der Waals surface area contributed by atoms with Gasteiger partial charge in [-0.05, 0) is 12.1 Å². The molecule has 0 saturated heterocycles. The Kier molecular flexibility index (Phi) is 4.04. The number of carbonyl (C=O) groups excluding carboxylic acids is 1. The molecule has 0 aliphatic heterocycles. The highest BCUT2D eigenvalue weighted by Gasteiger charge is 2.03. The van der Waals surface area contributed by atoms with Crippen molar-refractivity contribution < 1.29 is 14.7 Å². The zero-order valence-electron chi connectivity index (χ0n) is 9.74. The fourth-order valence-corrected chi connectivity index (χ4v) is 2.06. The van der Waals surface area contributed by atoms with Crippen LogP contribution in [-0.2, 0) is 9.59 Å². The third-order valence-corrected chi connectivity index (χ3v) is 3.01. The summed E-state index contributed by atoms with van der Waals surface area (Å²) in [5.74, 6) is -1.65. The first-order valence-corrected chi connectivity index (χ1v) is 6.25. The molecular weight excluding hydrogens is 264 g/mol. The number of anilines is 1. The molecular formula is C13H10N2O3S. The first-order chi connectivity index (χ1) is 9.15. The lowest BCUT2D eigenvalue weighted by Gasteiger charge is -2.03. The second-order valence-electron chi connectivity index (χ2n) is 3.58. The summed E-state index contributed by atoms with van der Waals surface area (Å²) >= 11 is 1.50. The number of thiazole rings is 1. The maximum absolute atomic E-state index is 11.4. The zero-order valence-corrected chi connectivity index (χ0v) is 10.6. The quantitative estimate of drug-likeness (QED) is 0.839. The molecule has 1 amide bonds. The zero-order chi connectivity index (χ0) is 13.7. The summed E-state index contributed by atoms with van der Waals surface area (Å²) in [6, 6.07) is 7.20. The summed E-state index contributed by atoms with van der Waals surface area (Å²) in [5, 5.41) is 13.7. The van der Waals surface area contributed by atoms with E-state index in [4.69, 9.17) is 5.11 Å². The van der Waals surface area contributed by atoms with E-state index >= 15 is 0 Å². The van der Waals surface area contributed by atoms with Crippen LogP contribution >= 0.6 is 11.3 Å². The molecule has 0 fully saturated rings. The van der Waals surface area contributed by atoms with Crippen molar-refractivity contribution in [2.24, 2.45) is 0 Å². The molecule has 5 nitrogen and oxygen atoms in total. The minimum Gasteiger partial charge on any atom is -0.478 e. The molecule has 0 aliphatic rings. The lowest BCUT2D eigenvalue weighted by Crippen LogP contribution is -2.08. The molecule has 0 unspecified atom stereocenters. The SMILES string of the molecule is O=C(O)/C=C/C(=O)Nc1cccc(-c2nccs2)c1. The van der Waals surface area contributed by atoms with E-state index in [1.807, 2.05) is 11.4 Å². The number of nitrogens with zero attached hydrogens (tertiary/aromatic N) is 1. The van der Waals surface area contributed by atoms with E-state index in [-0.39, 0.29) is 0 Å². The molecule has 96 valence electrons. The summed E-state index contributed by atoms with van der Waals surface area (Å²) in [7, 11) is 0. The third kappa shape index (κ3) is 3.75. The van der Waals surface area contributed by atoms with E-state index < -0.39 is 11.9 Å². The van der Waals surface area contributed by atoms with Gasteiger partial charge in [0.25, 0.3) is 0 Å². The Hall–Kier alpha value is -2.47. The lowest BCUT2D eigenvalue weighted by molar-refractivity contribution is -0.131. The van der Waals surface area contributed by atoms with Crippen molar-refractivity contribution in [2.75, 3.05) is 5.32 Å². The number of aromatic nitrogens is 1. The number of carbonyl (C=O) groups is 2. The Morgan fingerprint density at radius 2 is 2.16 bits per heavy atom. The van der Waals surface area contributed by atoms with E-state index in [0.717, 1.165) is 22.7 Å². The molecule has 0 spiro atoms. The standard InChI is InChI=1S/C13H10N2O3S/c16-11(4-5-12(17)18)15-10-3-1-2-9(8-10)13-14-6-7-19-13/h1-8H,(H,15,16)(H,17,18)/b5-4+. The molecule has 1 aromatic carbocycles. The number of hydrogen-bond acceptors (Lipinski definition) is 4. The van der Waals surface area contributed by atoms with Crippen molar-refractivity contribution in [3.63, 3.8) is 0 Å². The second kappa shape index (κ2) is 5.92. The Labute approximate surface area is 113 Å². The Morgan fingerprint density at radius 3 is 2.84 bits per heavy atom. The smallest absolute Gasteiger partial charge is 0.328 e. The number of aliphatic carboxylic acids is 1. The molecule has 6 heteroatoms. The van der Waals surface area contributed by atoms with Gasteiger partial charge in [0.15, 0.2) is 0 Å². The van der Waals surface area contributed by atoms with Gasteiger partial charge in [-0.1, -0.05) is 12.1 Å². The predicted octanol–water partition coefficient (Wildman–Crippen LogP) is 2.39. The number of carboxylic acids is 1. The van der Waals surface area contributed by atoms with Crippen molar-refractivity contribution in [3.8, 4) is 10.6 Å². The highest BCUT2D eigenvalue weighted by Crippen LogP contribution is 2.24. The van der Waals surface area contributed by atoms with Crippen molar-refractivity contribution >= 4 is 28.9 Å². The normalized spacial score (nSPS) is 10.5. The van der Waals surface area contributed by atoms with Gasteiger partial charge in [0.1, 0.15) is 5.01 Å². The molecule has 1 aromatic heterocycles. The van der Waals surface area contributed by atoms with Gasteiger partial charge in [0, 0.05) is 35.0 Å². The van der Waals surface area contributed by atoms with Crippen LogP contribution in [0.1, 0.15) is 0 Å². The summed E-state index contributed by atoms with van der Waals surface area (Å²) in [5.41, 5.74) is 1.49. The fourth-order valence-electron chi connectivity index (χ4n) is 1.43. The molecule has 2 rings (SSSR count). The van der Waals surface area contributed by atoms with E-state index in [0.29, 0.717) is 5.69 Å².